The number of morpholine rings is 1. The molecule has 3 aromatic rings. The van der Waals surface area contributed by atoms with E-state index in [0.29, 0.717) is 56.3 Å². The number of carbonyl (C=O) groups is 2. The van der Waals surface area contributed by atoms with Gasteiger partial charge in [0.15, 0.2) is 0 Å². The van der Waals surface area contributed by atoms with Gasteiger partial charge in [-0.15, -0.1) is 10.2 Å². The quantitative estimate of drug-likeness (QED) is 0.497. The van der Waals surface area contributed by atoms with E-state index in [4.69, 9.17) is 9.73 Å². The highest BCUT2D eigenvalue weighted by Crippen LogP contribution is 2.36. The van der Waals surface area contributed by atoms with E-state index in [1.54, 1.807) is 11.1 Å². The first-order valence-corrected chi connectivity index (χ1v) is 13.9. The summed E-state index contributed by atoms with van der Waals surface area (Å²) in [6.45, 7) is 1.18. The molecule has 3 amide bonds. The molecule has 0 radical (unpaired) electrons. The summed E-state index contributed by atoms with van der Waals surface area (Å²) in [6, 6.07) is 13.2. The Morgan fingerprint density at radius 3 is 2.50 bits per heavy atom. The molecule has 8 rings (SSSR count). The lowest BCUT2D eigenvalue weighted by molar-refractivity contribution is -0.0717. The molecule has 0 aliphatic carbocycles. The van der Waals surface area contributed by atoms with Gasteiger partial charge in [-0.25, -0.2) is 14.8 Å². The number of benzene rings is 1. The van der Waals surface area contributed by atoms with Crippen molar-refractivity contribution in [3.05, 3.63) is 77.8 Å². The third-order valence-electron chi connectivity index (χ3n) is 8.39. The summed E-state index contributed by atoms with van der Waals surface area (Å²) in [4.78, 5) is 44.0. The largest absolute Gasteiger partial charge is 0.377 e. The minimum Gasteiger partial charge on any atom is -0.377 e. The Balaban J connectivity index is 1.08. The first kappa shape index (κ1) is 24.7. The molecule has 1 unspecified atom stereocenters. The van der Waals surface area contributed by atoms with Gasteiger partial charge in [0.05, 0.1) is 36.7 Å². The van der Waals surface area contributed by atoms with Gasteiger partial charge in [-0.05, 0) is 30.5 Å². The number of nitrogens with one attached hydrogen (secondary N) is 2. The van der Waals surface area contributed by atoms with Crippen LogP contribution in [0.5, 0.6) is 0 Å². The number of nitrogens with zero attached hydrogens (tertiary/aromatic N) is 8. The fraction of sp³-hybridized carbons (Fsp3) is 0.310. The maximum Gasteiger partial charge on any atom is 0.323 e. The molecule has 1 aromatic carbocycles. The highest BCUT2D eigenvalue weighted by atomic mass is 16.5. The summed E-state index contributed by atoms with van der Waals surface area (Å²) in [7, 11) is 0. The molecule has 7 heterocycles. The van der Waals surface area contributed by atoms with Crippen LogP contribution in [0.15, 0.2) is 81.6 Å². The van der Waals surface area contributed by atoms with E-state index >= 15 is 0 Å². The van der Waals surface area contributed by atoms with Crippen LogP contribution >= 0.6 is 0 Å². The number of fused-ring (bicyclic) bond motifs is 3. The van der Waals surface area contributed by atoms with Crippen LogP contribution in [0.2, 0.25) is 0 Å². The fourth-order valence-electron chi connectivity index (χ4n) is 6.48. The van der Waals surface area contributed by atoms with Crippen LogP contribution in [-0.2, 0) is 4.74 Å². The highest BCUT2D eigenvalue weighted by Gasteiger charge is 2.47. The van der Waals surface area contributed by atoms with E-state index in [-0.39, 0.29) is 35.9 Å². The van der Waals surface area contributed by atoms with Crippen molar-refractivity contribution in [1.29, 1.82) is 0 Å². The molecule has 2 fully saturated rings. The van der Waals surface area contributed by atoms with Crippen LogP contribution in [0, 0.1) is 0 Å². The average molecular weight is 563 g/mol. The van der Waals surface area contributed by atoms with E-state index in [0.717, 1.165) is 28.1 Å². The third kappa shape index (κ3) is 4.04. The van der Waals surface area contributed by atoms with Gasteiger partial charge in [0.25, 0.3) is 5.91 Å². The highest BCUT2D eigenvalue weighted by molar-refractivity contribution is 6.73. The minimum absolute atomic E-state index is 0.135. The molecule has 2 N–H and O–H groups in total. The molecule has 42 heavy (non-hydrogen) atoms. The van der Waals surface area contributed by atoms with Crippen molar-refractivity contribution in [2.24, 2.45) is 15.2 Å². The van der Waals surface area contributed by atoms with Gasteiger partial charge in [0, 0.05) is 36.3 Å². The maximum absolute atomic E-state index is 13.4. The Bertz CT molecular complexity index is 1680. The molecule has 2 saturated heterocycles. The number of hydrogen-bond acceptors (Lipinski definition) is 9. The fourth-order valence-corrected chi connectivity index (χ4v) is 6.48. The van der Waals surface area contributed by atoms with Gasteiger partial charge in [0.2, 0.25) is 5.82 Å². The number of aromatic amines is 1. The van der Waals surface area contributed by atoms with Gasteiger partial charge < -0.3 is 15.0 Å². The van der Waals surface area contributed by atoms with Crippen molar-refractivity contribution >= 4 is 29.1 Å². The molecule has 0 saturated carbocycles. The van der Waals surface area contributed by atoms with Crippen molar-refractivity contribution in [3.63, 3.8) is 0 Å². The van der Waals surface area contributed by atoms with Crippen LogP contribution in [-0.4, -0.2) is 96.9 Å². The summed E-state index contributed by atoms with van der Waals surface area (Å²) < 4.78 is 5.82. The van der Waals surface area contributed by atoms with E-state index in [9.17, 15) is 9.59 Å². The molecule has 0 spiro atoms. The second-order valence-corrected chi connectivity index (χ2v) is 10.9. The zero-order chi connectivity index (χ0) is 28.2. The first-order valence-electron chi connectivity index (χ1n) is 13.9. The SMILES string of the molecule is O=C1NCC2=C(N=C3C(=NN=C3c3ccc(-c4ccccc4)nc3)C2)N1C1C[C@H]2COC[C@@H](C1)N2C(=O)c1nc[nH]n1. The van der Waals surface area contributed by atoms with Crippen LogP contribution < -0.4 is 5.32 Å². The summed E-state index contributed by atoms with van der Waals surface area (Å²) in [6.07, 6.45) is 4.83. The van der Waals surface area contributed by atoms with Crippen LogP contribution in [0.3, 0.4) is 0 Å². The van der Waals surface area contributed by atoms with Crippen LogP contribution in [0.4, 0.5) is 4.79 Å². The number of urea groups is 1. The van der Waals surface area contributed by atoms with E-state index in [2.05, 4.69) is 35.7 Å². The van der Waals surface area contributed by atoms with Crippen molar-refractivity contribution in [2.45, 2.75) is 37.4 Å². The van der Waals surface area contributed by atoms with E-state index < -0.39 is 0 Å². The Morgan fingerprint density at radius 2 is 1.76 bits per heavy atom. The summed E-state index contributed by atoms with van der Waals surface area (Å²) >= 11 is 0. The minimum atomic E-state index is -0.228. The maximum atomic E-state index is 13.4. The molecule has 3 atom stereocenters. The number of aliphatic imine (C=N–C) groups is 1. The van der Waals surface area contributed by atoms with Gasteiger partial charge in [0.1, 0.15) is 23.6 Å². The normalized spacial score (nSPS) is 24.8. The van der Waals surface area contributed by atoms with Crippen molar-refractivity contribution < 1.29 is 14.3 Å². The lowest BCUT2D eigenvalue weighted by Gasteiger charge is -2.50. The number of aromatic nitrogens is 4. The van der Waals surface area contributed by atoms with Crippen molar-refractivity contribution in [1.82, 2.24) is 35.3 Å². The number of hydrogen-bond donors (Lipinski definition) is 2. The number of piperidine rings is 1. The number of carbonyl (C=O) groups excluding carboxylic acids is 2. The number of pyridine rings is 1. The lowest BCUT2D eigenvalue weighted by Crippen LogP contribution is -2.64. The predicted octanol–water partition coefficient (Wildman–Crippen LogP) is 2.18. The van der Waals surface area contributed by atoms with Gasteiger partial charge in [-0.3, -0.25) is 19.8 Å². The summed E-state index contributed by atoms with van der Waals surface area (Å²) in [5.41, 5.74) is 5.80. The summed E-state index contributed by atoms with van der Waals surface area (Å²) in [5.74, 6) is 0.554. The van der Waals surface area contributed by atoms with Gasteiger partial charge >= 0.3 is 6.03 Å². The Morgan fingerprint density at radius 1 is 0.929 bits per heavy atom. The smallest absolute Gasteiger partial charge is 0.323 e. The Labute approximate surface area is 240 Å². The van der Waals surface area contributed by atoms with Crippen LogP contribution in [0.1, 0.15) is 35.4 Å². The third-order valence-corrected chi connectivity index (χ3v) is 8.39. The number of ether oxygens (including phenoxy) is 1. The second-order valence-electron chi connectivity index (χ2n) is 10.9. The Hall–Kier alpha value is -5.04. The van der Waals surface area contributed by atoms with Crippen molar-refractivity contribution in [3.8, 4) is 11.3 Å². The molecule has 210 valence electrons. The number of amides is 3. The average Bonchev–Trinajstić information content (AvgIpc) is 3.70. The topological polar surface area (TPSA) is 153 Å². The standard InChI is InChI=1S/C29H26N10O3/c40-28(26-32-15-33-37-26)38-20-9-19(10-21(38)14-42-13-20)39-27-18(12-31-29(39)41)8-23-25(34-27)24(36-35-23)17-6-7-22(30-11-17)16-4-2-1-3-5-16/h1-7,11,15,19-21H,8-10,12-14H2,(H,31,41)(H,32,33,37)/t19?,20-,21+. The molecular weight excluding hydrogens is 536 g/mol. The monoisotopic (exact) mass is 562 g/mol. The van der Waals surface area contributed by atoms with E-state index in [1.165, 1.54) is 6.33 Å². The molecule has 13 heteroatoms. The van der Waals surface area contributed by atoms with Crippen molar-refractivity contribution in [2.75, 3.05) is 19.8 Å². The molecule has 2 bridgehead atoms. The molecular formula is C29H26N10O3. The molecule has 13 nitrogen and oxygen atoms in total. The van der Waals surface area contributed by atoms with Gasteiger partial charge in [-0.2, -0.15) is 5.10 Å². The Kier molecular flexibility index (Phi) is 5.77. The lowest BCUT2D eigenvalue weighted by atomic mass is 9.87. The zero-order valence-electron chi connectivity index (χ0n) is 22.5. The molecule has 5 aliphatic rings. The number of H-pyrrole nitrogens is 1. The predicted molar refractivity (Wildman–Crippen MR) is 152 cm³/mol. The summed E-state index contributed by atoms with van der Waals surface area (Å²) in [5, 5.41) is 18.5. The first-order chi connectivity index (χ1) is 20.6. The zero-order valence-corrected chi connectivity index (χ0v) is 22.5. The molecule has 5 aliphatic heterocycles. The molecule has 2 aromatic heterocycles. The van der Waals surface area contributed by atoms with Gasteiger partial charge in [-0.1, -0.05) is 30.3 Å². The van der Waals surface area contributed by atoms with Crippen LogP contribution in [0.25, 0.3) is 11.3 Å². The van der Waals surface area contributed by atoms with E-state index in [1.807, 2.05) is 47.4 Å². The second kappa shape index (κ2) is 9.80. The number of rotatable bonds is 4.